The third kappa shape index (κ3) is 6.44. The van der Waals surface area contributed by atoms with Gasteiger partial charge in [0, 0.05) is 17.1 Å². The smallest absolute Gasteiger partial charge is 0.254 e. The molecule has 7 heteroatoms. The van der Waals surface area contributed by atoms with Gasteiger partial charge in [0.2, 0.25) is 5.91 Å². The summed E-state index contributed by atoms with van der Waals surface area (Å²) in [5, 5.41) is 14.3. The second-order valence-corrected chi connectivity index (χ2v) is 12.5. The molecule has 1 saturated heterocycles. The molecule has 2 aliphatic rings. The summed E-state index contributed by atoms with van der Waals surface area (Å²) in [6.45, 7) is 5.99. The molecular weight excluding hydrogens is 484 g/mol. The molecule has 37 heavy (non-hydrogen) atoms. The quantitative estimate of drug-likeness (QED) is 0.491. The van der Waals surface area contributed by atoms with Crippen molar-refractivity contribution in [2.24, 2.45) is 5.92 Å². The van der Waals surface area contributed by atoms with Crippen LogP contribution in [0.2, 0.25) is 0 Å². The van der Waals surface area contributed by atoms with Gasteiger partial charge in [0.1, 0.15) is 6.04 Å². The molecular formula is C30H38N2O4S. The number of aliphatic hydroxyl groups is 1. The first-order valence-electron chi connectivity index (χ1n) is 13.2. The fraction of sp³-hybridized carbons (Fsp3) is 0.500. The number of nitrogens with one attached hydrogen (secondary N) is 1. The zero-order valence-electron chi connectivity index (χ0n) is 22.0. The van der Waals surface area contributed by atoms with Gasteiger partial charge in [-0.05, 0) is 63.1 Å². The first-order chi connectivity index (χ1) is 17.7. The van der Waals surface area contributed by atoms with Crippen LogP contribution in [-0.2, 0) is 27.2 Å². The highest BCUT2D eigenvalue weighted by molar-refractivity contribution is 8.00. The molecule has 2 aromatic rings. The number of amides is 2. The molecule has 1 aliphatic heterocycles. The van der Waals surface area contributed by atoms with E-state index in [1.807, 2.05) is 75.4 Å². The minimum absolute atomic E-state index is 0.00286. The molecule has 1 aliphatic carbocycles. The Bertz CT molecular complexity index is 1120. The lowest BCUT2D eigenvalue weighted by molar-refractivity contribution is -0.147. The molecule has 0 aromatic heterocycles. The Morgan fingerprint density at radius 2 is 1.76 bits per heavy atom. The number of thioether (sulfide) groups is 1. The minimum Gasteiger partial charge on any atom is -0.381 e. The SMILES string of the molecule is Cc1ccccc1CCC(=O)C1N(C(=O)C(O)C(Cc2ccccc2)NC(=O)C2CCC2)CSC1(C)C. The lowest BCUT2D eigenvalue weighted by Gasteiger charge is -2.34. The van der Waals surface area contributed by atoms with Gasteiger partial charge in [-0.2, -0.15) is 0 Å². The first-order valence-corrected chi connectivity index (χ1v) is 14.2. The Kier molecular flexibility index (Phi) is 8.75. The predicted molar refractivity (Wildman–Crippen MR) is 147 cm³/mol. The molecule has 3 unspecified atom stereocenters. The summed E-state index contributed by atoms with van der Waals surface area (Å²) in [6, 6.07) is 16.2. The number of carbonyl (C=O) groups is 3. The van der Waals surface area contributed by atoms with E-state index in [1.165, 1.54) is 4.90 Å². The van der Waals surface area contributed by atoms with Crippen molar-refractivity contribution in [3.8, 4) is 0 Å². The minimum atomic E-state index is -1.44. The molecule has 2 aromatic carbocycles. The Morgan fingerprint density at radius 3 is 2.41 bits per heavy atom. The van der Waals surface area contributed by atoms with Crippen LogP contribution in [0.4, 0.5) is 0 Å². The van der Waals surface area contributed by atoms with Crippen LogP contribution in [-0.4, -0.2) is 56.4 Å². The van der Waals surface area contributed by atoms with Crippen LogP contribution in [0.15, 0.2) is 54.6 Å². The van der Waals surface area contributed by atoms with Gasteiger partial charge in [-0.1, -0.05) is 61.0 Å². The highest BCUT2D eigenvalue weighted by atomic mass is 32.2. The van der Waals surface area contributed by atoms with Crippen molar-refractivity contribution in [3.63, 3.8) is 0 Å². The van der Waals surface area contributed by atoms with Crippen molar-refractivity contribution in [2.45, 2.75) is 82.2 Å². The number of carbonyl (C=O) groups excluding carboxylic acids is 3. The van der Waals surface area contributed by atoms with E-state index in [4.69, 9.17) is 0 Å². The maximum absolute atomic E-state index is 13.7. The van der Waals surface area contributed by atoms with Gasteiger partial charge in [0.05, 0.1) is 11.9 Å². The van der Waals surface area contributed by atoms with Crippen molar-refractivity contribution in [2.75, 3.05) is 5.88 Å². The van der Waals surface area contributed by atoms with Crippen LogP contribution in [0.1, 0.15) is 56.2 Å². The number of aryl methyl sites for hydroxylation is 2. The summed E-state index contributed by atoms with van der Waals surface area (Å²) in [4.78, 5) is 41.5. The Labute approximate surface area is 224 Å². The molecule has 4 rings (SSSR count). The molecule has 2 fully saturated rings. The molecule has 6 nitrogen and oxygen atoms in total. The highest BCUT2D eigenvalue weighted by Crippen LogP contribution is 2.40. The molecule has 0 radical (unpaired) electrons. The van der Waals surface area contributed by atoms with E-state index in [-0.39, 0.29) is 17.6 Å². The number of ketones is 1. The number of Topliss-reactive ketones (excluding diaryl/α,β-unsaturated/α-hetero) is 1. The molecule has 3 atom stereocenters. The van der Waals surface area contributed by atoms with Gasteiger partial charge >= 0.3 is 0 Å². The van der Waals surface area contributed by atoms with E-state index in [1.54, 1.807) is 11.8 Å². The van der Waals surface area contributed by atoms with Crippen LogP contribution < -0.4 is 5.32 Å². The summed E-state index contributed by atoms with van der Waals surface area (Å²) in [7, 11) is 0. The largest absolute Gasteiger partial charge is 0.381 e. The number of benzene rings is 2. The van der Waals surface area contributed by atoms with E-state index < -0.39 is 28.8 Å². The first kappa shape index (κ1) is 27.4. The Balaban J connectivity index is 1.50. The van der Waals surface area contributed by atoms with Crippen molar-refractivity contribution in [1.29, 1.82) is 0 Å². The van der Waals surface area contributed by atoms with E-state index in [2.05, 4.69) is 5.32 Å². The second-order valence-electron chi connectivity index (χ2n) is 10.9. The summed E-state index contributed by atoms with van der Waals surface area (Å²) in [6.07, 6.45) is 2.53. The highest BCUT2D eigenvalue weighted by Gasteiger charge is 2.49. The van der Waals surface area contributed by atoms with Gasteiger partial charge < -0.3 is 15.3 Å². The molecule has 2 N–H and O–H groups in total. The fourth-order valence-electron chi connectivity index (χ4n) is 5.22. The second kappa shape index (κ2) is 11.8. The molecule has 1 saturated carbocycles. The van der Waals surface area contributed by atoms with Gasteiger partial charge in [0.25, 0.3) is 5.91 Å². The predicted octanol–water partition coefficient (Wildman–Crippen LogP) is 4.07. The fourth-order valence-corrected chi connectivity index (χ4v) is 6.39. The lowest BCUT2D eigenvalue weighted by atomic mass is 9.84. The van der Waals surface area contributed by atoms with Crippen LogP contribution in [0.25, 0.3) is 0 Å². The normalized spacial score (nSPS) is 20.6. The molecule has 0 spiro atoms. The van der Waals surface area contributed by atoms with E-state index in [9.17, 15) is 19.5 Å². The molecule has 1 heterocycles. The summed E-state index contributed by atoms with van der Waals surface area (Å²) >= 11 is 1.55. The summed E-state index contributed by atoms with van der Waals surface area (Å²) < 4.78 is -0.470. The molecule has 198 valence electrons. The molecule has 2 amide bonds. The third-order valence-electron chi connectivity index (χ3n) is 7.77. The number of aliphatic hydroxyl groups excluding tert-OH is 1. The van der Waals surface area contributed by atoms with Gasteiger partial charge in [-0.3, -0.25) is 14.4 Å². The zero-order valence-corrected chi connectivity index (χ0v) is 22.8. The van der Waals surface area contributed by atoms with Crippen LogP contribution >= 0.6 is 11.8 Å². The van der Waals surface area contributed by atoms with Gasteiger partial charge in [-0.25, -0.2) is 0 Å². The number of rotatable bonds is 10. The average Bonchev–Trinajstić information content (AvgIpc) is 3.16. The van der Waals surface area contributed by atoms with Crippen LogP contribution in [0.3, 0.4) is 0 Å². The van der Waals surface area contributed by atoms with E-state index in [0.29, 0.717) is 25.1 Å². The number of nitrogens with zero attached hydrogens (tertiary/aromatic N) is 1. The van der Waals surface area contributed by atoms with Crippen molar-refractivity contribution >= 4 is 29.4 Å². The Morgan fingerprint density at radius 1 is 1.08 bits per heavy atom. The number of hydrogen-bond acceptors (Lipinski definition) is 5. The topological polar surface area (TPSA) is 86.7 Å². The maximum Gasteiger partial charge on any atom is 0.254 e. The molecule has 0 bridgehead atoms. The van der Waals surface area contributed by atoms with E-state index >= 15 is 0 Å². The standard InChI is InChI=1S/C30H38N2O4S/c1-20-10-7-8-13-22(20)16-17-25(33)27-30(2,3)37-19-32(27)29(36)26(34)24(18-21-11-5-4-6-12-21)31-28(35)23-14-9-15-23/h4-8,10-13,23-24,26-27,34H,9,14-19H2,1-3H3,(H,31,35). The summed E-state index contributed by atoms with van der Waals surface area (Å²) in [5.41, 5.74) is 3.19. The lowest BCUT2D eigenvalue weighted by Crippen LogP contribution is -2.57. The van der Waals surface area contributed by atoms with Crippen molar-refractivity contribution in [3.05, 3.63) is 71.3 Å². The van der Waals surface area contributed by atoms with Crippen molar-refractivity contribution in [1.82, 2.24) is 10.2 Å². The van der Waals surface area contributed by atoms with Crippen LogP contribution in [0, 0.1) is 12.8 Å². The van der Waals surface area contributed by atoms with Gasteiger partial charge in [0.15, 0.2) is 11.9 Å². The zero-order chi connectivity index (χ0) is 26.6. The number of hydrogen-bond donors (Lipinski definition) is 2. The van der Waals surface area contributed by atoms with Crippen molar-refractivity contribution < 1.29 is 19.5 Å². The summed E-state index contributed by atoms with van der Waals surface area (Å²) in [5.74, 6) is -0.337. The monoisotopic (exact) mass is 522 g/mol. The van der Waals surface area contributed by atoms with E-state index in [0.717, 1.165) is 36.0 Å². The maximum atomic E-state index is 13.7. The van der Waals surface area contributed by atoms with Gasteiger partial charge in [-0.15, -0.1) is 11.8 Å². The third-order valence-corrected chi connectivity index (χ3v) is 9.15. The Hall–Kier alpha value is -2.64. The average molecular weight is 523 g/mol. The van der Waals surface area contributed by atoms with Crippen LogP contribution in [0.5, 0.6) is 0 Å².